The van der Waals surface area contributed by atoms with Crippen LogP contribution in [0.5, 0.6) is 5.75 Å². The maximum atomic E-state index is 12.8. The number of hydrogen-bond donors (Lipinski definition) is 1. The van der Waals surface area contributed by atoms with E-state index in [2.05, 4.69) is 10.1 Å². The van der Waals surface area contributed by atoms with Gasteiger partial charge in [-0.15, -0.1) is 0 Å². The van der Waals surface area contributed by atoms with Gasteiger partial charge >= 0.3 is 12.0 Å². The fraction of sp³-hybridized carbons (Fsp3) is 0.125. The quantitative estimate of drug-likeness (QED) is 0.746. The van der Waals surface area contributed by atoms with E-state index in [9.17, 15) is 13.6 Å². The second-order valence-electron chi connectivity index (χ2n) is 2.69. The number of fused-ring (bicyclic) bond motifs is 1. The van der Waals surface area contributed by atoms with E-state index in [1.54, 1.807) is 12.1 Å². The van der Waals surface area contributed by atoms with Gasteiger partial charge in [0.1, 0.15) is 0 Å². The van der Waals surface area contributed by atoms with Gasteiger partial charge < -0.3 is 10.1 Å². The molecule has 1 N–H and O–H groups in total. The van der Waals surface area contributed by atoms with Crippen LogP contribution < -0.4 is 10.1 Å². The Morgan fingerprint density at radius 2 is 2.14 bits per heavy atom. The van der Waals surface area contributed by atoms with Gasteiger partial charge in [0.05, 0.1) is 5.69 Å². The van der Waals surface area contributed by atoms with E-state index >= 15 is 0 Å². The average Bonchev–Trinajstić information content (AvgIpc) is 2.08. The number of anilines is 1. The Morgan fingerprint density at radius 3 is 2.86 bits per heavy atom. The predicted molar refractivity (Wildman–Crippen MR) is 53.4 cm³/mol. The van der Waals surface area contributed by atoms with Crippen molar-refractivity contribution in [1.82, 2.24) is 0 Å². The van der Waals surface area contributed by atoms with Crippen LogP contribution in [-0.4, -0.2) is 12.0 Å². The van der Waals surface area contributed by atoms with E-state index < -0.39 is 12.0 Å². The van der Waals surface area contributed by atoms with Gasteiger partial charge in [-0.05, 0) is 34.7 Å². The van der Waals surface area contributed by atoms with Crippen molar-refractivity contribution >= 4 is 34.2 Å². The van der Waals surface area contributed by atoms with Crippen molar-refractivity contribution in [2.75, 3.05) is 5.32 Å². The summed E-state index contributed by atoms with van der Waals surface area (Å²) in [6.45, 7) is 0. The van der Waals surface area contributed by atoms with Gasteiger partial charge in [0.15, 0.2) is 5.75 Å². The van der Waals surface area contributed by atoms with Gasteiger partial charge in [-0.2, -0.15) is 8.78 Å². The monoisotopic (exact) mass is 311 g/mol. The maximum Gasteiger partial charge on any atom is 0.482 e. The van der Waals surface area contributed by atoms with Crippen LogP contribution in [0.1, 0.15) is 0 Å². The standard InChI is InChI=1S/C8H4F2INO2/c9-8(10)7(13)12-6-4(11)2-1-3-5(6)14-8/h1-3H,(H,12,13). The molecule has 1 amide bonds. The van der Waals surface area contributed by atoms with Crippen LogP contribution >= 0.6 is 22.6 Å². The lowest BCUT2D eigenvalue weighted by molar-refractivity contribution is -0.189. The van der Waals surface area contributed by atoms with Crippen molar-refractivity contribution < 1.29 is 18.3 Å². The molecule has 1 aromatic rings. The zero-order valence-electron chi connectivity index (χ0n) is 6.68. The number of carbonyl (C=O) groups excluding carboxylic acids is 1. The molecule has 1 heterocycles. The molecular weight excluding hydrogens is 307 g/mol. The molecule has 0 saturated carbocycles. The molecule has 0 spiro atoms. The van der Waals surface area contributed by atoms with E-state index in [0.717, 1.165) is 0 Å². The van der Waals surface area contributed by atoms with E-state index in [4.69, 9.17) is 0 Å². The number of para-hydroxylation sites is 1. The van der Waals surface area contributed by atoms with Crippen LogP contribution in [-0.2, 0) is 4.79 Å². The fourth-order valence-electron chi connectivity index (χ4n) is 1.08. The third-order valence-electron chi connectivity index (χ3n) is 1.72. The molecule has 3 nitrogen and oxygen atoms in total. The summed E-state index contributed by atoms with van der Waals surface area (Å²) < 4.78 is 30.5. The minimum absolute atomic E-state index is 0.0125. The average molecular weight is 311 g/mol. The third-order valence-corrected chi connectivity index (χ3v) is 2.62. The smallest absolute Gasteiger partial charge is 0.423 e. The molecule has 0 unspecified atom stereocenters. The predicted octanol–water partition coefficient (Wildman–Crippen LogP) is 2.21. The summed E-state index contributed by atoms with van der Waals surface area (Å²) in [6, 6.07) is 4.64. The fourth-order valence-corrected chi connectivity index (χ4v) is 1.69. The molecule has 0 aromatic heterocycles. The number of amides is 1. The molecule has 1 aromatic carbocycles. The summed E-state index contributed by atoms with van der Waals surface area (Å²) in [5, 5.41) is 2.10. The van der Waals surface area contributed by atoms with Crippen LogP contribution in [0.4, 0.5) is 14.5 Å². The Balaban J connectivity index is 2.51. The number of hydrogen-bond acceptors (Lipinski definition) is 2. The van der Waals surface area contributed by atoms with Crippen molar-refractivity contribution in [3.05, 3.63) is 21.8 Å². The van der Waals surface area contributed by atoms with Crippen LogP contribution in [0, 0.1) is 3.57 Å². The summed E-state index contributed by atoms with van der Waals surface area (Å²) in [4.78, 5) is 10.8. The Kier molecular flexibility index (Phi) is 2.09. The molecule has 0 aliphatic carbocycles. The number of rotatable bonds is 0. The Hall–Kier alpha value is -0.920. The van der Waals surface area contributed by atoms with E-state index in [-0.39, 0.29) is 5.75 Å². The molecule has 6 heteroatoms. The van der Waals surface area contributed by atoms with Gasteiger partial charge in [-0.3, -0.25) is 4.79 Å². The molecule has 0 saturated heterocycles. The second kappa shape index (κ2) is 3.04. The largest absolute Gasteiger partial charge is 0.482 e. The third kappa shape index (κ3) is 1.43. The minimum Gasteiger partial charge on any atom is -0.423 e. The first-order valence-corrected chi connectivity index (χ1v) is 4.75. The van der Waals surface area contributed by atoms with Crippen molar-refractivity contribution in [2.24, 2.45) is 0 Å². The Labute approximate surface area is 91.6 Å². The number of carbonyl (C=O) groups is 1. The molecule has 14 heavy (non-hydrogen) atoms. The Morgan fingerprint density at radius 1 is 1.43 bits per heavy atom. The van der Waals surface area contributed by atoms with Crippen LogP contribution in [0.2, 0.25) is 0 Å². The summed E-state index contributed by atoms with van der Waals surface area (Å²) >= 11 is 1.93. The lowest BCUT2D eigenvalue weighted by Gasteiger charge is -2.25. The molecule has 1 aliphatic rings. The maximum absolute atomic E-state index is 12.8. The van der Waals surface area contributed by atoms with Gasteiger partial charge in [-0.25, -0.2) is 0 Å². The SMILES string of the molecule is O=C1Nc2c(I)cccc2OC1(F)F. The van der Waals surface area contributed by atoms with E-state index in [1.807, 2.05) is 22.6 Å². The van der Waals surface area contributed by atoms with Crippen molar-refractivity contribution in [1.29, 1.82) is 0 Å². The van der Waals surface area contributed by atoms with E-state index in [1.165, 1.54) is 6.07 Å². The zero-order chi connectivity index (χ0) is 10.3. The van der Waals surface area contributed by atoms with Crippen molar-refractivity contribution in [3.8, 4) is 5.75 Å². The van der Waals surface area contributed by atoms with Crippen LogP contribution in [0.25, 0.3) is 0 Å². The van der Waals surface area contributed by atoms with Crippen LogP contribution in [0.15, 0.2) is 18.2 Å². The highest BCUT2D eigenvalue weighted by molar-refractivity contribution is 14.1. The van der Waals surface area contributed by atoms with Crippen LogP contribution in [0.3, 0.4) is 0 Å². The molecule has 0 radical (unpaired) electrons. The molecule has 1 aliphatic heterocycles. The topological polar surface area (TPSA) is 38.3 Å². The first-order chi connectivity index (χ1) is 6.50. The van der Waals surface area contributed by atoms with Gasteiger partial charge in [0.2, 0.25) is 0 Å². The molecule has 0 bridgehead atoms. The molecule has 0 fully saturated rings. The van der Waals surface area contributed by atoms with E-state index in [0.29, 0.717) is 9.26 Å². The zero-order valence-corrected chi connectivity index (χ0v) is 8.84. The highest BCUT2D eigenvalue weighted by atomic mass is 127. The molecular formula is C8H4F2INO2. The number of alkyl halides is 2. The lowest BCUT2D eigenvalue weighted by Crippen LogP contribution is -2.43. The summed E-state index contributed by atoms with van der Waals surface area (Å²) in [5.74, 6) is -1.45. The number of halogens is 3. The normalized spacial score (nSPS) is 18.1. The molecule has 74 valence electrons. The molecule has 0 atom stereocenters. The number of nitrogens with one attached hydrogen (secondary N) is 1. The molecule has 2 rings (SSSR count). The number of benzene rings is 1. The first kappa shape index (κ1) is 9.63. The Bertz CT molecular complexity index is 408. The summed E-state index contributed by atoms with van der Waals surface area (Å²) in [5.41, 5.74) is 0.295. The van der Waals surface area contributed by atoms with Gasteiger partial charge in [0.25, 0.3) is 0 Å². The van der Waals surface area contributed by atoms with Gasteiger partial charge in [0, 0.05) is 3.57 Å². The van der Waals surface area contributed by atoms with Crippen molar-refractivity contribution in [2.45, 2.75) is 6.11 Å². The van der Waals surface area contributed by atoms with Gasteiger partial charge in [-0.1, -0.05) is 6.07 Å². The highest BCUT2D eigenvalue weighted by Crippen LogP contribution is 2.37. The van der Waals surface area contributed by atoms with Crippen molar-refractivity contribution in [3.63, 3.8) is 0 Å². The number of ether oxygens (including phenoxy) is 1. The lowest BCUT2D eigenvalue weighted by atomic mass is 10.2. The minimum atomic E-state index is -3.78. The second-order valence-corrected chi connectivity index (χ2v) is 3.85. The summed E-state index contributed by atoms with van der Waals surface area (Å²) in [7, 11) is 0. The highest BCUT2D eigenvalue weighted by Gasteiger charge is 2.46. The first-order valence-electron chi connectivity index (χ1n) is 3.67. The summed E-state index contributed by atoms with van der Waals surface area (Å²) in [6.07, 6.45) is -3.78.